The van der Waals surface area contributed by atoms with E-state index in [4.69, 9.17) is 10.0 Å². The van der Waals surface area contributed by atoms with Gasteiger partial charge in [0.2, 0.25) is 5.91 Å². The SMILES string of the molecule is O=C(N[C@@H](Cc1ccccc1)C(=O)N1CCC[C@H]1C(=O)OB(O)O)c1cnccn1. The lowest BCUT2D eigenvalue weighted by Gasteiger charge is -2.28. The summed E-state index contributed by atoms with van der Waals surface area (Å²) in [6.45, 7) is 0.284. The van der Waals surface area contributed by atoms with Crippen molar-refractivity contribution in [3.05, 3.63) is 60.2 Å². The van der Waals surface area contributed by atoms with Gasteiger partial charge in [-0.25, -0.2) is 4.98 Å². The first kappa shape index (κ1) is 21.4. The molecule has 3 N–H and O–H groups in total. The molecule has 10 nitrogen and oxygen atoms in total. The van der Waals surface area contributed by atoms with Crippen LogP contribution in [-0.2, 0) is 20.7 Å². The fourth-order valence-electron chi connectivity index (χ4n) is 3.36. The van der Waals surface area contributed by atoms with Crippen LogP contribution in [0.3, 0.4) is 0 Å². The highest BCUT2D eigenvalue weighted by Crippen LogP contribution is 2.21. The Labute approximate surface area is 173 Å². The summed E-state index contributed by atoms with van der Waals surface area (Å²) in [5.41, 5.74) is 0.878. The molecule has 0 radical (unpaired) electrons. The van der Waals surface area contributed by atoms with Crippen molar-refractivity contribution >= 4 is 25.1 Å². The number of nitrogens with one attached hydrogen (secondary N) is 1. The number of hydrogen-bond acceptors (Lipinski definition) is 8. The first-order chi connectivity index (χ1) is 14.5. The van der Waals surface area contributed by atoms with Gasteiger partial charge in [-0.2, -0.15) is 0 Å². The lowest BCUT2D eigenvalue weighted by molar-refractivity contribution is -0.148. The molecular formula is C19H21BN4O6. The Morgan fingerprint density at radius 2 is 2.00 bits per heavy atom. The van der Waals surface area contributed by atoms with Gasteiger partial charge in [0, 0.05) is 25.4 Å². The molecule has 1 aromatic carbocycles. The molecule has 2 aromatic rings. The van der Waals surface area contributed by atoms with Crippen LogP contribution in [0.1, 0.15) is 28.9 Å². The standard InChI is InChI=1S/C19H21BN4O6/c25-17(15-12-21-8-9-22-15)23-14(11-13-5-2-1-3-6-13)18(26)24-10-4-7-16(24)19(27)30-20(28)29/h1-3,5-6,8-9,12,14,16,28-29H,4,7,10-11H2,(H,23,25)/t14-,16-/m0/s1. The van der Waals surface area contributed by atoms with Gasteiger partial charge in [0.05, 0.1) is 6.20 Å². The van der Waals surface area contributed by atoms with Crippen LogP contribution >= 0.6 is 0 Å². The topological polar surface area (TPSA) is 142 Å². The van der Waals surface area contributed by atoms with Crippen LogP contribution in [0, 0.1) is 0 Å². The second-order valence-electron chi connectivity index (χ2n) is 6.76. The molecule has 11 heteroatoms. The van der Waals surface area contributed by atoms with Crippen molar-refractivity contribution in [2.24, 2.45) is 0 Å². The van der Waals surface area contributed by atoms with E-state index in [0.717, 1.165) is 5.56 Å². The molecule has 3 rings (SSSR count). The maximum absolute atomic E-state index is 13.3. The summed E-state index contributed by atoms with van der Waals surface area (Å²) < 4.78 is 4.44. The van der Waals surface area contributed by atoms with Gasteiger partial charge in [0.15, 0.2) is 0 Å². The van der Waals surface area contributed by atoms with E-state index in [1.54, 1.807) is 0 Å². The number of carbonyl (C=O) groups is 3. The molecule has 1 saturated heterocycles. The number of hydrogen-bond donors (Lipinski definition) is 3. The molecule has 2 heterocycles. The summed E-state index contributed by atoms with van der Waals surface area (Å²) in [6.07, 6.45) is 5.16. The summed E-state index contributed by atoms with van der Waals surface area (Å²) in [6, 6.07) is 7.21. The lowest BCUT2D eigenvalue weighted by atomic mass is 10.0. The predicted molar refractivity (Wildman–Crippen MR) is 104 cm³/mol. The predicted octanol–water partition coefficient (Wildman–Crippen LogP) is -0.679. The molecule has 2 atom stereocenters. The Morgan fingerprint density at radius 1 is 1.23 bits per heavy atom. The minimum Gasteiger partial charge on any atom is -0.484 e. The van der Waals surface area contributed by atoms with E-state index in [0.29, 0.717) is 12.8 Å². The van der Waals surface area contributed by atoms with Crippen molar-refractivity contribution in [2.75, 3.05) is 6.54 Å². The van der Waals surface area contributed by atoms with Crippen molar-refractivity contribution in [1.29, 1.82) is 0 Å². The van der Waals surface area contributed by atoms with Gasteiger partial charge in [0.25, 0.3) is 5.91 Å². The Hall–Kier alpha value is -3.31. The first-order valence-corrected chi connectivity index (χ1v) is 9.43. The molecule has 0 aliphatic carbocycles. The minimum absolute atomic E-state index is 0.0594. The second kappa shape index (κ2) is 9.94. The van der Waals surface area contributed by atoms with E-state index in [2.05, 4.69) is 19.9 Å². The monoisotopic (exact) mass is 412 g/mol. The maximum Gasteiger partial charge on any atom is 0.709 e. The average molecular weight is 412 g/mol. The zero-order valence-electron chi connectivity index (χ0n) is 16.0. The number of aromatic nitrogens is 2. The molecule has 30 heavy (non-hydrogen) atoms. The van der Waals surface area contributed by atoms with Gasteiger partial charge < -0.3 is 24.9 Å². The Balaban J connectivity index is 1.80. The third-order valence-corrected chi connectivity index (χ3v) is 4.71. The molecule has 0 unspecified atom stereocenters. The van der Waals surface area contributed by atoms with Crippen LogP contribution in [0.4, 0.5) is 0 Å². The van der Waals surface area contributed by atoms with Crippen molar-refractivity contribution in [1.82, 2.24) is 20.2 Å². The van der Waals surface area contributed by atoms with E-state index < -0.39 is 37.2 Å². The van der Waals surface area contributed by atoms with Crippen LogP contribution in [0.2, 0.25) is 0 Å². The number of nitrogens with zero attached hydrogens (tertiary/aromatic N) is 3. The number of likely N-dealkylation sites (tertiary alicyclic amines) is 1. The zero-order valence-corrected chi connectivity index (χ0v) is 16.0. The highest BCUT2D eigenvalue weighted by atomic mass is 16.6. The van der Waals surface area contributed by atoms with Crippen molar-refractivity contribution in [2.45, 2.75) is 31.3 Å². The maximum atomic E-state index is 13.3. The molecule has 0 saturated carbocycles. The van der Waals surface area contributed by atoms with Gasteiger partial charge in [0.1, 0.15) is 17.8 Å². The Morgan fingerprint density at radius 3 is 2.67 bits per heavy atom. The van der Waals surface area contributed by atoms with Gasteiger partial charge in [-0.15, -0.1) is 0 Å². The third kappa shape index (κ3) is 5.39. The van der Waals surface area contributed by atoms with Crippen LogP contribution in [-0.4, -0.2) is 68.6 Å². The van der Waals surface area contributed by atoms with Crippen LogP contribution < -0.4 is 5.32 Å². The fraction of sp³-hybridized carbons (Fsp3) is 0.316. The average Bonchev–Trinajstić information content (AvgIpc) is 3.24. The number of amides is 2. The van der Waals surface area contributed by atoms with Gasteiger partial charge in [-0.3, -0.25) is 19.4 Å². The van der Waals surface area contributed by atoms with Crippen molar-refractivity contribution < 1.29 is 29.1 Å². The summed E-state index contributed by atoms with van der Waals surface area (Å²) in [7, 11) is -2.26. The van der Waals surface area contributed by atoms with E-state index in [1.165, 1.54) is 23.5 Å². The van der Waals surface area contributed by atoms with Crippen molar-refractivity contribution in [3.8, 4) is 0 Å². The smallest absolute Gasteiger partial charge is 0.484 e. The molecular weight excluding hydrogens is 391 g/mol. The summed E-state index contributed by atoms with van der Waals surface area (Å²) in [4.78, 5) is 47.1. The van der Waals surface area contributed by atoms with E-state index in [-0.39, 0.29) is 18.7 Å². The Bertz CT molecular complexity index is 883. The molecule has 0 bridgehead atoms. The molecule has 1 aliphatic heterocycles. The minimum atomic E-state index is -2.26. The first-order valence-electron chi connectivity index (χ1n) is 9.43. The van der Waals surface area contributed by atoms with Crippen molar-refractivity contribution in [3.63, 3.8) is 0 Å². The highest BCUT2D eigenvalue weighted by Gasteiger charge is 2.39. The highest BCUT2D eigenvalue weighted by molar-refractivity contribution is 6.36. The van der Waals surface area contributed by atoms with Crippen LogP contribution in [0.15, 0.2) is 48.9 Å². The van der Waals surface area contributed by atoms with Gasteiger partial charge in [-0.05, 0) is 18.4 Å². The fourth-order valence-corrected chi connectivity index (χ4v) is 3.36. The third-order valence-electron chi connectivity index (χ3n) is 4.71. The Kier molecular flexibility index (Phi) is 7.10. The van der Waals surface area contributed by atoms with E-state index in [9.17, 15) is 14.4 Å². The van der Waals surface area contributed by atoms with E-state index in [1.807, 2.05) is 30.3 Å². The molecule has 2 amide bonds. The number of carbonyl (C=O) groups excluding carboxylic acids is 3. The second-order valence-corrected chi connectivity index (χ2v) is 6.76. The number of benzene rings is 1. The van der Waals surface area contributed by atoms with E-state index >= 15 is 0 Å². The molecule has 1 aromatic heterocycles. The largest absolute Gasteiger partial charge is 0.709 e. The summed E-state index contributed by atoms with van der Waals surface area (Å²) >= 11 is 0. The molecule has 1 fully saturated rings. The zero-order chi connectivity index (χ0) is 21.5. The molecule has 0 spiro atoms. The summed E-state index contributed by atoms with van der Waals surface area (Å²) in [5, 5.41) is 20.5. The quantitative estimate of drug-likeness (QED) is 0.508. The normalized spacial score (nSPS) is 16.6. The molecule has 156 valence electrons. The number of rotatable bonds is 7. The van der Waals surface area contributed by atoms with Crippen LogP contribution in [0.5, 0.6) is 0 Å². The lowest BCUT2D eigenvalue weighted by Crippen LogP contribution is -2.53. The van der Waals surface area contributed by atoms with Gasteiger partial charge in [-0.1, -0.05) is 30.3 Å². The van der Waals surface area contributed by atoms with Gasteiger partial charge >= 0.3 is 13.3 Å². The molecule has 1 aliphatic rings. The summed E-state index contributed by atoms with van der Waals surface area (Å²) in [5.74, 6) is -1.95. The van der Waals surface area contributed by atoms with Crippen LogP contribution in [0.25, 0.3) is 0 Å².